The van der Waals surface area contributed by atoms with E-state index in [0.717, 1.165) is 51.6 Å². The SMILES string of the molecule is CCN(CC)c1ccc(C2CC3(C)C(CCC3(O)C#CC(C)(C)C)C3CCC4=CC(=O)CCC4C23)cc1. The molecule has 0 bridgehead atoms. The molecule has 7 unspecified atom stereocenters. The van der Waals surface area contributed by atoms with Gasteiger partial charge < -0.3 is 10.0 Å². The summed E-state index contributed by atoms with van der Waals surface area (Å²) in [5, 5.41) is 12.2. The Labute approximate surface area is 225 Å². The van der Waals surface area contributed by atoms with Crippen LogP contribution in [0.5, 0.6) is 0 Å². The Kier molecular flexibility index (Phi) is 6.89. The number of carbonyl (C=O) groups is 1. The normalized spacial score (nSPS) is 37.0. The summed E-state index contributed by atoms with van der Waals surface area (Å²) in [6.45, 7) is 15.2. The van der Waals surface area contributed by atoms with Gasteiger partial charge in [-0.05, 0) is 127 Å². The van der Waals surface area contributed by atoms with Gasteiger partial charge in [-0.2, -0.15) is 0 Å². The zero-order chi connectivity index (χ0) is 26.6. The second-order valence-corrected chi connectivity index (χ2v) is 13.6. The van der Waals surface area contributed by atoms with Gasteiger partial charge in [0.15, 0.2) is 5.78 Å². The Bertz CT molecular complexity index is 1110. The molecule has 0 amide bonds. The fraction of sp³-hybridized carbons (Fsp3) is 0.676. The van der Waals surface area contributed by atoms with Crippen LogP contribution in [0.4, 0.5) is 5.69 Å². The van der Waals surface area contributed by atoms with Crippen molar-refractivity contribution in [2.75, 3.05) is 18.0 Å². The third-order valence-electron chi connectivity index (χ3n) is 10.5. The lowest BCUT2D eigenvalue weighted by atomic mass is 9.46. The van der Waals surface area contributed by atoms with Crippen molar-refractivity contribution in [1.82, 2.24) is 0 Å². The first kappa shape index (κ1) is 26.6. The molecular weight excluding hydrogens is 454 g/mol. The van der Waals surface area contributed by atoms with Crippen LogP contribution >= 0.6 is 0 Å². The van der Waals surface area contributed by atoms with Crippen molar-refractivity contribution < 1.29 is 9.90 Å². The van der Waals surface area contributed by atoms with E-state index < -0.39 is 5.60 Å². The van der Waals surface area contributed by atoms with Crippen LogP contribution in [0.2, 0.25) is 0 Å². The first-order chi connectivity index (χ1) is 17.5. The smallest absolute Gasteiger partial charge is 0.155 e. The average molecular weight is 502 g/mol. The molecule has 3 nitrogen and oxygen atoms in total. The number of fused-ring (bicyclic) bond motifs is 5. The number of aliphatic hydroxyl groups is 1. The Balaban J connectivity index is 1.57. The summed E-state index contributed by atoms with van der Waals surface area (Å²) in [4.78, 5) is 14.7. The molecule has 37 heavy (non-hydrogen) atoms. The van der Waals surface area contributed by atoms with Crippen molar-refractivity contribution in [3.05, 3.63) is 41.5 Å². The predicted octanol–water partition coefficient (Wildman–Crippen LogP) is 7.15. The molecule has 1 aromatic rings. The van der Waals surface area contributed by atoms with Gasteiger partial charge in [0.25, 0.3) is 0 Å². The number of ketones is 1. The molecule has 4 aliphatic carbocycles. The standard InChI is InChI=1S/C34H47NO2/c1-7-35(8-2)25-12-9-23(10-13-25)29-22-33(6)30(17-18-34(33,37)20-19-32(3,4)5)28-15-11-24-21-26(36)14-16-27(24)31(28)29/h9-10,12-13,21,27-31,37H,7-8,11,14-18,22H2,1-6H3. The largest absolute Gasteiger partial charge is 0.377 e. The van der Waals surface area contributed by atoms with Gasteiger partial charge >= 0.3 is 0 Å². The molecule has 0 saturated heterocycles. The lowest BCUT2D eigenvalue weighted by Crippen LogP contribution is -2.54. The molecule has 0 aromatic heterocycles. The minimum absolute atomic E-state index is 0.125. The number of carbonyl (C=O) groups excluding carboxylic acids is 1. The minimum atomic E-state index is -0.937. The quantitative estimate of drug-likeness (QED) is 0.445. The van der Waals surface area contributed by atoms with Gasteiger partial charge in [-0.1, -0.05) is 36.5 Å². The highest BCUT2D eigenvalue weighted by Crippen LogP contribution is 2.68. The summed E-state index contributed by atoms with van der Waals surface area (Å²) in [5.41, 5.74) is 2.81. The third kappa shape index (κ3) is 4.58. The fourth-order valence-corrected chi connectivity index (χ4v) is 8.67. The predicted molar refractivity (Wildman–Crippen MR) is 152 cm³/mol. The molecule has 1 N–H and O–H groups in total. The molecule has 0 heterocycles. The molecule has 0 aliphatic heterocycles. The number of anilines is 1. The van der Waals surface area contributed by atoms with Gasteiger partial charge in [0.2, 0.25) is 0 Å². The highest BCUT2D eigenvalue weighted by atomic mass is 16.3. The van der Waals surface area contributed by atoms with Crippen molar-refractivity contribution in [1.29, 1.82) is 0 Å². The molecule has 4 aliphatic rings. The van der Waals surface area contributed by atoms with E-state index in [-0.39, 0.29) is 10.8 Å². The number of rotatable bonds is 4. The molecule has 1 aromatic carbocycles. The van der Waals surface area contributed by atoms with Crippen LogP contribution in [-0.4, -0.2) is 29.6 Å². The van der Waals surface area contributed by atoms with Crippen molar-refractivity contribution in [3.63, 3.8) is 0 Å². The Morgan fingerprint density at radius 1 is 1.03 bits per heavy atom. The number of benzene rings is 1. The van der Waals surface area contributed by atoms with Crippen molar-refractivity contribution in [2.45, 2.75) is 98.0 Å². The van der Waals surface area contributed by atoms with E-state index in [1.807, 2.05) is 6.08 Å². The molecule has 0 radical (unpaired) electrons. The second kappa shape index (κ2) is 9.60. The van der Waals surface area contributed by atoms with E-state index in [9.17, 15) is 9.90 Å². The lowest BCUT2D eigenvalue weighted by molar-refractivity contribution is -0.117. The first-order valence-corrected chi connectivity index (χ1v) is 14.8. The number of allylic oxidation sites excluding steroid dienone is 1. The summed E-state index contributed by atoms with van der Waals surface area (Å²) < 4.78 is 0. The zero-order valence-electron chi connectivity index (χ0n) is 23.9. The van der Waals surface area contributed by atoms with Gasteiger partial charge in [-0.15, -0.1) is 0 Å². The van der Waals surface area contributed by atoms with Crippen molar-refractivity contribution in [2.24, 2.45) is 34.5 Å². The zero-order valence-corrected chi connectivity index (χ0v) is 23.9. The summed E-state index contributed by atoms with van der Waals surface area (Å²) in [7, 11) is 0. The number of hydrogen-bond donors (Lipinski definition) is 1. The minimum Gasteiger partial charge on any atom is -0.377 e. The molecule has 3 fully saturated rings. The maximum absolute atomic E-state index is 12.3. The van der Waals surface area contributed by atoms with Crippen LogP contribution in [0, 0.1) is 46.3 Å². The average Bonchev–Trinajstić information content (AvgIpc) is 3.13. The third-order valence-corrected chi connectivity index (χ3v) is 10.5. The van der Waals surface area contributed by atoms with E-state index >= 15 is 0 Å². The van der Waals surface area contributed by atoms with Gasteiger partial charge in [-0.25, -0.2) is 0 Å². The molecule has 200 valence electrons. The highest BCUT2D eigenvalue weighted by molar-refractivity contribution is 5.91. The number of hydrogen-bond acceptors (Lipinski definition) is 3. The second-order valence-electron chi connectivity index (χ2n) is 13.6. The lowest BCUT2D eigenvalue weighted by Gasteiger charge is -2.58. The molecule has 5 rings (SSSR count). The molecular formula is C34H47NO2. The summed E-state index contributed by atoms with van der Waals surface area (Å²) in [5.74, 6) is 9.67. The van der Waals surface area contributed by atoms with Crippen LogP contribution in [0.15, 0.2) is 35.9 Å². The van der Waals surface area contributed by atoms with Gasteiger partial charge in [-0.3, -0.25) is 4.79 Å². The van der Waals surface area contributed by atoms with E-state index in [0.29, 0.717) is 41.8 Å². The number of nitrogens with zero attached hydrogens (tertiary/aromatic N) is 1. The van der Waals surface area contributed by atoms with Gasteiger partial charge in [0.05, 0.1) is 0 Å². The van der Waals surface area contributed by atoms with Crippen LogP contribution < -0.4 is 4.90 Å². The maximum atomic E-state index is 12.3. The Morgan fingerprint density at radius 2 is 1.73 bits per heavy atom. The topological polar surface area (TPSA) is 40.5 Å². The van der Waals surface area contributed by atoms with Gasteiger partial charge in [0, 0.05) is 36.0 Å². The van der Waals surface area contributed by atoms with Crippen LogP contribution in [-0.2, 0) is 4.79 Å². The van der Waals surface area contributed by atoms with E-state index in [1.165, 1.54) is 16.8 Å². The summed E-state index contributed by atoms with van der Waals surface area (Å²) >= 11 is 0. The summed E-state index contributed by atoms with van der Waals surface area (Å²) in [6, 6.07) is 9.33. The molecule has 0 spiro atoms. The molecule has 3 saturated carbocycles. The molecule has 3 heteroatoms. The first-order valence-electron chi connectivity index (χ1n) is 14.8. The van der Waals surface area contributed by atoms with Crippen LogP contribution in [0.1, 0.15) is 98.0 Å². The summed E-state index contributed by atoms with van der Waals surface area (Å²) in [6.07, 6.45) is 8.67. The fourth-order valence-electron chi connectivity index (χ4n) is 8.67. The monoisotopic (exact) mass is 501 g/mol. The van der Waals surface area contributed by atoms with E-state index in [1.54, 1.807) is 0 Å². The van der Waals surface area contributed by atoms with Crippen molar-refractivity contribution in [3.8, 4) is 11.8 Å². The maximum Gasteiger partial charge on any atom is 0.155 e. The van der Waals surface area contributed by atoms with Gasteiger partial charge in [0.1, 0.15) is 5.60 Å². The van der Waals surface area contributed by atoms with Crippen LogP contribution in [0.25, 0.3) is 0 Å². The Morgan fingerprint density at radius 3 is 2.38 bits per heavy atom. The van der Waals surface area contributed by atoms with E-state index in [4.69, 9.17) is 0 Å². The molecule has 7 atom stereocenters. The Hall–Kier alpha value is -2.05. The van der Waals surface area contributed by atoms with Crippen LogP contribution in [0.3, 0.4) is 0 Å². The van der Waals surface area contributed by atoms with Crippen molar-refractivity contribution >= 4 is 11.5 Å². The highest BCUT2D eigenvalue weighted by Gasteiger charge is 2.64. The van der Waals surface area contributed by atoms with E-state index in [2.05, 4.69) is 82.5 Å².